The Kier molecular flexibility index (Phi) is 3.74. The molecule has 142 valence electrons. The van der Waals surface area contributed by atoms with Gasteiger partial charge < -0.3 is 24.5 Å². The summed E-state index contributed by atoms with van der Waals surface area (Å²) in [6.45, 7) is 1.63. The largest absolute Gasteiger partial charge is 0.454 e. The van der Waals surface area contributed by atoms with Crippen molar-refractivity contribution in [1.29, 1.82) is 5.26 Å². The molecule has 2 aromatic rings. The second-order valence-electron chi connectivity index (χ2n) is 6.37. The first kappa shape index (κ1) is 17.4. The molecule has 1 atom stereocenters. The minimum absolute atomic E-state index is 0.0790. The molecule has 1 aromatic carbocycles. The van der Waals surface area contributed by atoms with Crippen LogP contribution >= 0.6 is 0 Å². The van der Waals surface area contributed by atoms with E-state index in [2.05, 4.69) is 0 Å². The van der Waals surface area contributed by atoms with Crippen LogP contribution in [0.4, 0.5) is 5.69 Å². The van der Waals surface area contributed by atoms with Crippen molar-refractivity contribution in [3.63, 3.8) is 0 Å². The first-order chi connectivity index (χ1) is 13.3. The van der Waals surface area contributed by atoms with Crippen molar-refractivity contribution in [2.24, 2.45) is 12.8 Å². The zero-order valence-corrected chi connectivity index (χ0v) is 14.9. The van der Waals surface area contributed by atoms with E-state index >= 15 is 0 Å². The van der Waals surface area contributed by atoms with E-state index in [1.807, 2.05) is 6.07 Å². The van der Waals surface area contributed by atoms with E-state index < -0.39 is 16.4 Å². The summed E-state index contributed by atoms with van der Waals surface area (Å²) >= 11 is 0. The first-order valence-electron chi connectivity index (χ1n) is 8.19. The summed E-state index contributed by atoms with van der Waals surface area (Å²) in [5.74, 6) is -0.625. The van der Waals surface area contributed by atoms with Crippen molar-refractivity contribution in [3.05, 3.63) is 66.9 Å². The first-order valence-corrected chi connectivity index (χ1v) is 8.19. The molecule has 0 amide bonds. The van der Waals surface area contributed by atoms with Gasteiger partial charge in [-0.3, -0.25) is 14.9 Å². The molecule has 2 aliphatic rings. The number of hydrogen-bond donors (Lipinski definition) is 1. The molecule has 0 bridgehead atoms. The fraction of sp³-hybridized carbons (Fsp3) is 0.222. The normalized spacial score (nSPS) is 17.0. The van der Waals surface area contributed by atoms with Crippen molar-refractivity contribution < 1.29 is 19.1 Å². The van der Waals surface area contributed by atoms with E-state index in [1.165, 1.54) is 16.7 Å². The molecule has 0 aliphatic carbocycles. The number of fused-ring (bicyclic) bond motifs is 2. The van der Waals surface area contributed by atoms with E-state index in [9.17, 15) is 20.2 Å². The Morgan fingerprint density at radius 3 is 2.61 bits per heavy atom. The molecule has 28 heavy (non-hydrogen) atoms. The predicted molar refractivity (Wildman–Crippen MR) is 94.9 cm³/mol. The van der Waals surface area contributed by atoms with Crippen LogP contribution in [0.5, 0.6) is 17.2 Å². The lowest BCUT2D eigenvalue weighted by atomic mass is 9.83. The predicted octanol–water partition coefficient (Wildman–Crippen LogP) is 1.55. The molecule has 0 fully saturated rings. The van der Waals surface area contributed by atoms with E-state index in [4.69, 9.17) is 19.9 Å². The van der Waals surface area contributed by atoms with Crippen LogP contribution in [0.3, 0.4) is 0 Å². The number of rotatable bonds is 2. The summed E-state index contributed by atoms with van der Waals surface area (Å²) in [5, 5.41) is 21.4. The Balaban J connectivity index is 2.08. The number of aromatic nitrogens is 1. The molecule has 4 rings (SSSR count). The average Bonchev–Trinajstić information content (AvgIpc) is 3.11. The molecular weight excluding hydrogens is 368 g/mol. The Labute approximate surface area is 158 Å². The number of nitriles is 1. The lowest BCUT2D eigenvalue weighted by Crippen LogP contribution is -2.31. The Bertz CT molecular complexity index is 1170. The van der Waals surface area contributed by atoms with Gasteiger partial charge in [0.15, 0.2) is 11.5 Å². The van der Waals surface area contributed by atoms with Crippen molar-refractivity contribution >= 4 is 5.69 Å². The van der Waals surface area contributed by atoms with Gasteiger partial charge in [-0.15, -0.1) is 0 Å². The molecule has 2 N–H and O–H groups in total. The summed E-state index contributed by atoms with van der Waals surface area (Å²) in [5.41, 5.74) is 5.87. The molecule has 10 nitrogen and oxygen atoms in total. The zero-order valence-electron chi connectivity index (χ0n) is 14.9. The Morgan fingerprint density at radius 2 is 1.96 bits per heavy atom. The van der Waals surface area contributed by atoms with Gasteiger partial charge in [-0.2, -0.15) is 5.26 Å². The summed E-state index contributed by atoms with van der Waals surface area (Å²) in [7, 11) is 1.57. The molecule has 2 aliphatic heterocycles. The molecule has 3 heterocycles. The number of hydrogen-bond acceptors (Lipinski definition) is 8. The highest BCUT2D eigenvalue weighted by molar-refractivity contribution is 5.64. The molecule has 0 spiro atoms. The van der Waals surface area contributed by atoms with Crippen molar-refractivity contribution in [1.82, 2.24) is 4.57 Å². The molecular formula is C18H14N4O6. The third-order valence-corrected chi connectivity index (χ3v) is 4.88. The number of nitrogens with zero attached hydrogens (tertiary/aromatic N) is 3. The van der Waals surface area contributed by atoms with Crippen molar-refractivity contribution in [2.75, 3.05) is 6.79 Å². The van der Waals surface area contributed by atoms with Crippen LogP contribution < -0.4 is 25.5 Å². The minimum Gasteiger partial charge on any atom is -0.454 e. The lowest BCUT2D eigenvalue weighted by Gasteiger charge is -2.26. The lowest BCUT2D eigenvalue weighted by molar-refractivity contribution is -0.385. The molecule has 0 saturated heterocycles. The third kappa shape index (κ3) is 2.37. The van der Waals surface area contributed by atoms with E-state index in [-0.39, 0.29) is 52.3 Å². The quantitative estimate of drug-likeness (QED) is 0.609. The molecule has 0 saturated carbocycles. The van der Waals surface area contributed by atoms with Crippen LogP contribution in [-0.2, 0) is 7.05 Å². The van der Waals surface area contributed by atoms with E-state index in [0.717, 1.165) is 0 Å². The van der Waals surface area contributed by atoms with Gasteiger partial charge in [0, 0.05) is 24.4 Å². The second kappa shape index (κ2) is 6.02. The average molecular weight is 382 g/mol. The van der Waals surface area contributed by atoms with Gasteiger partial charge in [0.25, 0.3) is 11.2 Å². The zero-order chi connectivity index (χ0) is 20.2. The summed E-state index contributed by atoms with van der Waals surface area (Å²) in [6, 6.07) is 6.15. The molecule has 1 aromatic heterocycles. The fourth-order valence-corrected chi connectivity index (χ4v) is 3.39. The van der Waals surface area contributed by atoms with Crippen molar-refractivity contribution in [3.8, 4) is 23.3 Å². The van der Waals surface area contributed by atoms with Crippen LogP contribution in [-0.4, -0.2) is 16.3 Å². The number of nitro benzene ring substituents is 1. The van der Waals surface area contributed by atoms with Crippen LogP contribution in [0, 0.1) is 28.4 Å². The van der Waals surface area contributed by atoms with Gasteiger partial charge in [-0.05, 0) is 13.0 Å². The summed E-state index contributed by atoms with van der Waals surface area (Å²) < 4.78 is 17.4. The van der Waals surface area contributed by atoms with Gasteiger partial charge in [-0.1, -0.05) is 0 Å². The highest BCUT2D eigenvalue weighted by Crippen LogP contribution is 2.47. The maximum absolute atomic E-state index is 13.0. The number of allylic oxidation sites excluding steroid dienone is 1. The van der Waals surface area contributed by atoms with E-state index in [0.29, 0.717) is 5.69 Å². The van der Waals surface area contributed by atoms with Crippen LogP contribution in [0.15, 0.2) is 34.4 Å². The summed E-state index contributed by atoms with van der Waals surface area (Å²) in [4.78, 5) is 24.1. The van der Waals surface area contributed by atoms with Gasteiger partial charge in [-0.25, -0.2) is 0 Å². The number of benzene rings is 1. The SMILES string of the molecule is Cc1cc2c(c(=O)n1C)[C@@H](c1cc3c(cc1[N+](=O)[O-])OCO3)C(C#N)=C(N)O2. The summed E-state index contributed by atoms with van der Waals surface area (Å²) in [6.07, 6.45) is 0. The Hall–Kier alpha value is -4.00. The van der Waals surface area contributed by atoms with E-state index in [1.54, 1.807) is 20.0 Å². The van der Waals surface area contributed by atoms with Gasteiger partial charge >= 0.3 is 0 Å². The monoisotopic (exact) mass is 382 g/mol. The fourth-order valence-electron chi connectivity index (χ4n) is 3.39. The number of nitrogens with two attached hydrogens (primary N) is 1. The number of aryl methyl sites for hydroxylation is 1. The highest BCUT2D eigenvalue weighted by Gasteiger charge is 2.39. The third-order valence-electron chi connectivity index (χ3n) is 4.88. The molecule has 0 unspecified atom stereocenters. The second-order valence-corrected chi connectivity index (χ2v) is 6.37. The van der Waals surface area contributed by atoms with Crippen LogP contribution in [0.2, 0.25) is 0 Å². The number of pyridine rings is 1. The van der Waals surface area contributed by atoms with Crippen LogP contribution in [0.1, 0.15) is 22.7 Å². The van der Waals surface area contributed by atoms with Crippen LogP contribution in [0.25, 0.3) is 0 Å². The molecule has 10 heteroatoms. The maximum atomic E-state index is 13.0. The standard InChI is InChI=1S/C18H14N4O6/c1-8-3-14-16(18(23)21(8)2)15(10(6-19)17(20)28-14)9-4-12-13(27-7-26-12)5-11(9)22(24)25/h3-5,15H,7,20H2,1-2H3/t15-/m0/s1. The topological polar surface area (TPSA) is 143 Å². The maximum Gasteiger partial charge on any atom is 0.277 e. The van der Waals surface area contributed by atoms with Gasteiger partial charge in [0.1, 0.15) is 17.4 Å². The van der Waals surface area contributed by atoms with Gasteiger partial charge in [0.2, 0.25) is 12.7 Å². The Morgan fingerprint density at radius 1 is 1.29 bits per heavy atom. The highest BCUT2D eigenvalue weighted by atomic mass is 16.7. The molecule has 0 radical (unpaired) electrons. The minimum atomic E-state index is -1.08. The number of ether oxygens (including phenoxy) is 3. The van der Waals surface area contributed by atoms with Gasteiger partial charge in [0.05, 0.1) is 22.5 Å². The van der Waals surface area contributed by atoms with Crippen molar-refractivity contribution in [2.45, 2.75) is 12.8 Å². The number of nitro groups is 1. The smallest absolute Gasteiger partial charge is 0.277 e.